The number of hydrogen-bond acceptors (Lipinski definition) is 3. The molecule has 2 aromatic rings. The minimum atomic E-state index is -0.842. The first-order valence-electron chi connectivity index (χ1n) is 5.73. The molecule has 4 heteroatoms. The van der Waals surface area contributed by atoms with E-state index < -0.39 is 5.97 Å². The maximum Gasteiger partial charge on any atom is 0.309 e. The van der Waals surface area contributed by atoms with E-state index >= 15 is 0 Å². The van der Waals surface area contributed by atoms with Crippen molar-refractivity contribution in [1.29, 1.82) is 0 Å². The van der Waals surface area contributed by atoms with E-state index in [-0.39, 0.29) is 6.42 Å². The highest BCUT2D eigenvalue weighted by Crippen LogP contribution is 2.31. The molecule has 1 aromatic carbocycles. The van der Waals surface area contributed by atoms with Gasteiger partial charge in [0.05, 0.1) is 22.0 Å². The van der Waals surface area contributed by atoms with Crippen molar-refractivity contribution in [3.8, 4) is 10.4 Å². The molecule has 0 unspecified atom stereocenters. The van der Waals surface area contributed by atoms with E-state index in [0.717, 1.165) is 15.4 Å². The lowest BCUT2D eigenvalue weighted by Crippen LogP contribution is -2.01. The molecule has 1 N–H and O–H groups in total. The third-order valence-corrected chi connectivity index (χ3v) is 3.95. The number of hydrogen-bond donors (Lipinski definition) is 1. The van der Waals surface area contributed by atoms with Gasteiger partial charge in [-0.05, 0) is 37.5 Å². The molecular formula is C14H15NO2S. The number of carbonyl (C=O) groups is 1. The smallest absolute Gasteiger partial charge is 0.309 e. The molecule has 0 spiro atoms. The van der Waals surface area contributed by atoms with Gasteiger partial charge in [0.15, 0.2) is 0 Å². The van der Waals surface area contributed by atoms with E-state index in [0.29, 0.717) is 5.69 Å². The highest BCUT2D eigenvalue weighted by molar-refractivity contribution is 7.15. The van der Waals surface area contributed by atoms with Crippen molar-refractivity contribution < 1.29 is 9.90 Å². The number of rotatable bonds is 3. The Kier molecular flexibility index (Phi) is 3.48. The van der Waals surface area contributed by atoms with Crippen LogP contribution in [-0.4, -0.2) is 16.1 Å². The summed E-state index contributed by atoms with van der Waals surface area (Å²) in [7, 11) is 0. The van der Waals surface area contributed by atoms with Gasteiger partial charge in [-0.3, -0.25) is 4.79 Å². The van der Waals surface area contributed by atoms with E-state index in [9.17, 15) is 4.79 Å². The third kappa shape index (κ3) is 2.59. The van der Waals surface area contributed by atoms with E-state index in [1.54, 1.807) is 11.3 Å². The Balaban J connectivity index is 2.49. The maximum atomic E-state index is 10.8. The molecule has 1 heterocycles. The number of carboxylic acid groups (broad SMARTS) is 1. The fraction of sp³-hybridized carbons (Fsp3) is 0.286. The zero-order valence-corrected chi connectivity index (χ0v) is 11.5. The van der Waals surface area contributed by atoms with Crippen molar-refractivity contribution in [2.24, 2.45) is 0 Å². The number of benzene rings is 1. The Bertz CT molecular complexity index is 602. The monoisotopic (exact) mass is 261 g/mol. The molecule has 0 atom stereocenters. The lowest BCUT2D eigenvalue weighted by atomic mass is 10.0. The lowest BCUT2D eigenvalue weighted by Gasteiger charge is -2.04. The van der Waals surface area contributed by atoms with Gasteiger partial charge in [-0.25, -0.2) is 4.98 Å². The van der Waals surface area contributed by atoms with E-state index in [1.807, 2.05) is 13.0 Å². The van der Waals surface area contributed by atoms with Crippen LogP contribution in [-0.2, 0) is 11.2 Å². The summed E-state index contributed by atoms with van der Waals surface area (Å²) in [6.45, 7) is 6.03. The minimum absolute atomic E-state index is 0.0212. The average molecular weight is 261 g/mol. The SMILES string of the molecule is Cc1nc(CC(=O)O)c(-c2ccc(C)c(C)c2)s1. The summed E-state index contributed by atoms with van der Waals surface area (Å²) < 4.78 is 0. The molecule has 0 saturated heterocycles. The first-order chi connectivity index (χ1) is 8.47. The zero-order chi connectivity index (χ0) is 13.3. The van der Waals surface area contributed by atoms with Crippen LogP contribution in [0.2, 0.25) is 0 Å². The molecule has 0 saturated carbocycles. The lowest BCUT2D eigenvalue weighted by molar-refractivity contribution is -0.136. The highest BCUT2D eigenvalue weighted by atomic mass is 32.1. The van der Waals surface area contributed by atoms with Gasteiger partial charge in [0.25, 0.3) is 0 Å². The molecule has 0 aliphatic heterocycles. The number of nitrogens with zero attached hydrogens (tertiary/aromatic N) is 1. The Morgan fingerprint density at radius 3 is 2.61 bits per heavy atom. The minimum Gasteiger partial charge on any atom is -0.481 e. The number of aliphatic carboxylic acids is 1. The van der Waals surface area contributed by atoms with Gasteiger partial charge in [-0.15, -0.1) is 11.3 Å². The molecule has 0 aliphatic rings. The molecule has 0 amide bonds. The molecule has 94 valence electrons. The predicted molar refractivity (Wildman–Crippen MR) is 73.1 cm³/mol. The van der Waals surface area contributed by atoms with Crippen molar-refractivity contribution in [2.45, 2.75) is 27.2 Å². The van der Waals surface area contributed by atoms with Gasteiger partial charge in [0.1, 0.15) is 0 Å². The van der Waals surface area contributed by atoms with Crippen LogP contribution in [0.3, 0.4) is 0 Å². The van der Waals surface area contributed by atoms with Crippen LogP contribution >= 0.6 is 11.3 Å². The fourth-order valence-electron chi connectivity index (χ4n) is 1.84. The Morgan fingerprint density at radius 2 is 2.00 bits per heavy atom. The summed E-state index contributed by atoms with van der Waals surface area (Å²) in [5, 5.41) is 9.81. The molecule has 2 rings (SSSR count). The zero-order valence-electron chi connectivity index (χ0n) is 10.7. The Hall–Kier alpha value is -1.68. The second-order valence-corrected chi connectivity index (χ2v) is 5.58. The highest BCUT2D eigenvalue weighted by Gasteiger charge is 2.14. The van der Waals surface area contributed by atoms with Crippen LogP contribution in [0.4, 0.5) is 0 Å². The Morgan fingerprint density at radius 1 is 1.28 bits per heavy atom. The standard InChI is InChI=1S/C14H15NO2S/c1-8-4-5-11(6-9(8)2)14-12(7-13(16)17)15-10(3)18-14/h4-6H,7H2,1-3H3,(H,16,17). The van der Waals surface area contributed by atoms with Crippen molar-refractivity contribution in [1.82, 2.24) is 4.98 Å². The van der Waals surface area contributed by atoms with Gasteiger partial charge in [0, 0.05) is 0 Å². The van der Waals surface area contributed by atoms with Gasteiger partial charge in [-0.1, -0.05) is 18.2 Å². The molecule has 18 heavy (non-hydrogen) atoms. The average Bonchev–Trinajstić information content (AvgIpc) is 2.62. The summed E-state index contributed by atoms with van der Waals surface area (Å²) in [5.41, 5.74) is 4.16. The maximum absolute atomic E-state index is 10.8. The van der Waals surface area contributed by atoms with E-state index in [4.69, 9.17) is 5.11 Å². The van der Waals surface area contributed by atoms with E-state index in [2.05, 4.69) is 31.0 Å². The predicted octanol–water partition coefficient (Wildman–Crippen LogP) is 3.36. The Labute approximate surface area is 110 Å². The topological polar surface area (TPSA) is 50.2 Å². The second kappa shape index (κ2) is 4.90. The third-order valence-electron chi connectivity index (χ3n) is 2.89. The summed E-state index contributed by atoms with van der Waals surface area (Å²) in [6, 6.07) is 6.18. The van der Waals surface area contributed by atoms with Crippen LogP contribution < -0.4 is 0 Å². The second-order valence-electron chi connectivity index (χ2n) is 4.38. The van der Waals surface area contributed by atoms with Gasteiger partial charge in [0.2, 0.25) is 0 Å². The molecule has 0 bridgehead atoms. The van der Waals surface area contributed by atoms with Gasteiger partial charge >= 0.3 is 5.97 Å². The summed E-state index contributed by atoms with van der Waals surface area (Å²) >= 11 is 1.55. The molecule has 1 aromatic heterocycles. The van der Waals surface area contributed by atoms with E-state index in [1.165, 1.54) is 11.1 Å². The first-order valence-corrected chi connectivity index (χ1v) is 6.54. The van der Waals surface area contributed by atoms with Crippen molar-refractivity contribution in [2.75, 3.05) is 0 Å². The van der Waals surface area contributed by atoms with Crippen LogP contribution in [0.25, 0.3) is 10.4 Å². The van der Waals surface area contributed by atoms with Crippen molar-refractivity contribution in [3.63, 3.8) is 0 Å². The van der Waals surface area contributed by atoms with Crippen molar-refractivity contribution in [3.05, 3.63) is 40.0 Å². The summed E-state index contributed by atoms with van der Waals surface area (Å²) in [5.74, 6) is -0.842. The van der Waals surface area contributed by atoms with Gasteiger partial charge in [-0.2, -0.15) is 0 Å². The first kappa shape index (κ1) is 12.8. The fourth-order valence-corrected chi connectivity index (χ4v) is 2.77. The number of carboxylic acids is 1. The summed E-state index contributed by atoms with van der Waals surface area (Å²) in [4.78, 5) is 16.1. The van der Waals surface area contributed by atoms with Crippen LogP contribution in [0, 0.1) is 20.8 Å². The number of aryl methyl sites for hydroxylation is 3. The van der Waals surface area contributed by atoms with Crippen molar-refractivity contribution >= 4 is 17.3 Å². The molecular weight excluding hydrogens is 246 g/mol. The number of aromatic nitrogens is 1. The molecule has 0 radical (unpaired) electrons. The van der Waals surface area contributed by atoms with Crippen LogP contribution in [0.15, 0.2) is 18.2 Å². The van der Waals surface area contributed by atoms with Crippen LogP contribution in [0.5, 0.6) is 0 Å². The molecule has 0 fully saturated rings. The van der Waals surface area contributed by atoms with Crippen LogP contribution in [0.1, 0.15) is 21.8 Å². The normalized spacial score (nSPS) is 10.6. The quantitative estimate of drug-likeness (QED) is 0.921. The largest absolute Gasteiger partial charge is 0.481 e. The summed E-state index contributed by atoms with van der Waals surface area (Å²) in [6.07, 6.45) is -0.0212. The number of thiazole rings is 1. The molecule has 3 nitrogen and oxygen atoms in total. The van der Waals surface area contributed by atoms with Gasteiger partial charge < -0.3 is 5.11 Å². The molecule has 0 aliphatic carbocycles.